The summed E-state index contributed by atoms with van der Waals surface area (Å²) in [4.78, 5) is 27.9. The summed E-state index contributed by atoms with van der Waals surface area (Å²) in [7, 11) is -3.10. The molecule has 0 radical (unpaired) electrons. The predicted molar refractivity (Wildman–Crippen MR) is 115 cm³/mol. The van der Waals surface area contributed by atoms with Crippen LogP contribution in [0.4, 0.5) is 0 Å². The molecule has 0 aliphatic carbocycles. The first-order valence-electron chi connectivity index (χ1n) is 9.86. The fourth-order valence-electron chi connectivity index (χ4n) is 3.86. The maximum Gasteiger partial charge on any atom is 0.268 e. The average Bonchev–Trinajstić information content (AvgIpc) is 3.08. The molecule has 3 rings (SSSR count). The van der Waals surface area contributed by atoms with E-state index < -0.39 is 9.84 Å². The second kappa shape index (κ2) is 8.14. The van der Waals surface area contributed by atoms with Gasteiger partial charge in [0.15, 0.2) is 0 Å². The molecule has 1 fully saturated rings. The van der Waals surface area contributed by atoms with Crippen LogP contribution in [0.15, 0.2) is 41.3 Å². The summed E-state index contributed by atoms with van der Waals surface area (Å²) in [6, 6.07) is 9.53. The second-order valence-corrected chi connectivity index (χ2v) is 10.5. The molecule has 0 spiro atoms. The summed E-state index contributed by atoms with van der Waals surface area (Å²) in [5, 5.41) is 0. The van der Waals surface area contributed by atoms with Crippen molar-refractivity contribution in [3.8, 4) is 5.69 Å². The molecule has 0 N–H and O–H groups in total. The van der Waals surface area contributed by atoms with Crippen LogP contribution in [0.3, 0.4) is 0 Å². The number of carbonyl (C=O) groups is 1. The zero-order chi connectivity index (χ0) is 21.3. The van der Waals surface area contributed by atoms with Crippen molar-refractivity contribution in [1.29, 1.82) is 0 Å². The lowest BCUT2D eigenvalue weighted by molar-refractivity contribution is 0.0785. The van der Waals surface area contributed by atoms with E-state index in [1.807, 2.05) is 24.3 Å². The van der Waals surface area contributed by atoms with Crippen LogP contribution >= 0.6 is 0 Å². The van der Waals surface area contributed by atoms with Gasteiger partial charge in [-0.3, -0.25) is 14.2 Å². The summed E-state index contributed by atoms with van der Waals surface area (Å²) < 4.78 is 24.6. The fourth-order valence-corrected chi connectivity index (χ4v) is 4.99. The zero-order valence-electron chi connectivity index (χ0n) is 17.4. The Kier molecular flexibility index (Phi) is 5.98. The maximum absolute atomic E-state index is 13.2. The van der Waals surface area contributed by atoms with Crippen LogP contribution in [0.1, 0.15) is 47.7 Å². The molecule has 1 aromatic carbocycles. The average molecular weight is 417 g/mol. The number of pyridine rings is 1. The van der Waals surface area contributed by atoms with Gasteiger partial charge in [-0.2, -0.15) is 0 Å². The van der Waals surface area contributed by atoms with Crippen LogP contribution in [0.5, 0.6) is 0 Å². The van der Waals surface area contributed by atoms with Gasteiger partial charge < -0.3 is 4.90 Å². The quantitative estimate of drug-likeness (QED) is 0.751. The van der Waals surface area contributed by atoms with Crippen molar-refractivity contribution < 1.29 is 13.2 Å². The normalized spacial score (nSPS) is 17.1. The largest absolute Gasteiger partial charge is 0.338 e. The summed E-state index contributed by atoms with van der Waals surface area (Å²) >= 11 is 0. The lowest BCUT2D eigenvalue weighted by Gasteiger charge is -2.18. The molecule has 1 unspecified atom stereocenters. The van der Waals surface area contributed by atoms with Gasteiger partial charge in [-0.25, -0.2) is 8.42 Å². The van der Waals surface area contributed by atoms with Gasteiger partial charge in [-0.05, 0) is 54.5 Å². The topological polar surface area (TPSA) is 76.5 Å². The molecule has 2 heterocycles. The lowest BCUT2D eigenvalue weighted by Crippen LogP contribution is -2.36. The van der Waals surface area contributed by atoms with Gasteiger partial charge in [0.1, 0.15) is 15.4 Å². The lowest BCUT2D eigenvalue weighted by atomic mass is 10.0. The Hall–Kier alpha value is -2.41. The number of likely N-dealkylation sites (tertiary alicyclic amines) is 1. The Labute approximate surface area is 172 Å². The van der Waals surface area contributed by atoms with Crippen LogP contribution in [0, 0.1) is 12.8 Å². The third kappa shape index (κ3) is 4.78. The molecule has 0 saturated carbocycles. The minimum absolute atomic E-state index is 0.0662. The Bertz CT molecular complexity index is 1090. The van der Waals surface area contributed by atoms with E-state index in [2.05, 4.69) is 13.8 Å². The van der Waals surface area contributed by atoms with Gasteiger partial charge >= 0.3 is 0 Å². The van der Waals surface area contributed by atoms with E-state index in [-0.39, 0.29) is 28.7 Å². The highest BCUT2D eigenvalue weighted by Crippen LogP contribution is 2.21. The highest BCUT2D eigenvalue weighted by atomic mass is 32.2. The van der Waals surface area contributed by atoms with E-state index in [0.717, 1.165) is 11.3 Å². The number of aryl methyl sites for hydroxylation is 1. The van der Waals surface area contributed by atoms with E-state index in [1.54, 1.807) is 24.1 Å². The molecule has 1 aliphatic heterocycles. The number of nitrogens with zero attached hydrogens (tertiary/aromatic N) is 2. The van der Waals surface area contributed by atoms with E-state index in [4.69, 9.17) is 0 Å². The third-order valence-electron chi connectivity index (χ3n) is 5.44. The van der Waals surface area contributed by atoms with Crippen molar-refractivity contribution in [2.75, 3.05) is 25.1 Å². The van der Waals surface area contributed by atoms with Gasteiger partial charge in [0.25, 0.3) is 11.5 Å². The first-order chi connectivity index (χ1) is 13.6. The molecule has 0 bridgehead atoms. The summed E-state index contributed by atoms with van der Waals surface area (Å²) in [6.07, 6.45) is 3.54. The molecule has 1 saturated heterocycles. The van der Waals surface area contributed by atoms with Gasteiger partial charge in [0, 0.05) is 31.2 Å². The van der Waals surface area contributed by atoms with Crippen LogP contribution in [-0.4, -0.2) is 48.9 Å². The fraction of sp³-hybridized carbons (Fsp3) is 0.455. The molecule has 6 nitrogen and oxygen atoms in total. The first-order valence-corrected chi connectivity index (χ1v) is 11.9. The molecule has 156 valence electrons. The molecule has 1 amide bonds. The number of hydrogen-bond acceptors (Lipinski definition) is 4. The maximum atomic E-state index is 13.2. The number of carbonyl (C=O) groups excluding carboxylic acids is 1. The number of hydrogen-bond donors (Lipinski definition) is 0. The van der Waals surface area contributed by atoms with Crippen molar-refractivity contribution >= 4 is 15.7 Å². The molecular formula is C22H28N2O4S. The second-order valence-electron chi connectivity index (χ2n) is 8.30. The number of rotatable bonds is 5. The van der Waals surface area contributed by atoms with Crippen molar-refractivity contribution in [2.45, 2.75) is 33.1 Å². The number of aromatic nitrogens is 1. The molecule has 1 aliphatic rings. The number of sulfone groups is 1. The van der Waals surface area contributed by atoms with Crippen molar-refractivity contribution in [3.63, 3.8) is 0 Å². The van der Waals surface area contributed by atoms with E-state index >= 15 is 0 Å². The van der Waals surface area contributed by atoms with Crippen LogP contribution < -0.4 is 5.56 Å². The minimum Gasteiger partial charge on any atom is -0.338 e. The molecule has 7 heteroatoms. The molecular weight excluding hydrogens is 388 g/mol. The highest BCUT2D eigenvalue weighted by molar-refractivity contribution is 7.90. The first kappa shape index (κ1) is 21.3. The number of amides is 1. The van der Waals surface area contributed by atoms with Crippen molar-refractivity contribution in [2.24, 2.45) is 5.92 Å². The van der Waals surface area contributed by atoms with Gasteiger partial charge in [-0.1, -0.05) is 26.0 Å². The van der Waals surface area contributed by atoms with Crippen molar-refractivity contribution in [1.82, 2.24) is 9.47 Å². The minimum atomic E-state index is -3.10. The Morgan fingerprint density at radius 1 is 1.24 bits per heavy atom. The smallest absolute Gasteiger partial charge is 0.268 e. The van der Waals surface area contributed by atoms with Gasteiger partial charge in [0.2, 0.25) is 0 Å². The summed E-state index contributed by atoms with van der Waals surface area (Å²) in [5.74, 6) is -0.00842. The summed E-state index contributed by atoms with van der Waals surface area (Å²) in [5.41, 5.74) is 2.28. The van der Waals surface area contributed by atoms with E-state index in [1.165, 1.54) is 10.8 Å². The standard InChI is InChI=1S/C22H28N2O4S/c1-15(2)18-6-5-7-19(12-18)24-11-8-16(3)20(22(24)26)21(25)23-10-9-17(13-23)14-29(4,27)28/h5-8,11-12,15,17H,9-10,13-14H2,1-4H3. The predicted octanol–water partition coefficient (Wildman–Crippen LogP) is 2.78. The zero-order valence-corrected chi connectivity index (χ0v) is 18.2. The third-order valence-corrected chi connectivity index (χ3v) is 6.52. The summed E-state index contributed by atoms with van der Waals surface area (Å²) in [6.45, 7) is 6.77. The number of benzene rings is 1. The van der Waals surface area contributed by atoms with Gasteiger partial charge in [0.05, 0.1) is 5.75 Å². The Balaban J connectivity index is 1.93. The SMILES string of the molecule is Cc1ccn(-c2cccc(C(C)C)c2)c(=O)c1C(=O)N1CCC(CS(C)(=O)=O)C1. The molecule has 29 heavy (non-hydrogen) atoms. The Morgan fingerprint density at radius 3 is 2.62 bits per heavy atom. The molecule has 1 aromatic heterocycles. The van der Waals surface area contributed by atoms with Crippen LogP contribution in [0.25, 0.3) is 5.69 Å². The Morgan fingerprint density at radius 2 is 1.97 bits per heavy atom. The van der Waals surface area contributed by atoms with Crippen LogP contribution in [-0.2, 0) is 9.84 Å². The highest BCUT2D eigenvalue weighted by Gasteiger charge is 2.31. The van der Waals surface area contributed by atoms with E-state index in [0.29, 0.717) is 31.0 Å². The molecule has 2 aromatic rings. The molecule has 1 atom stereocenters. The van der Waals surface area contributed by atoms with E-state index in [9.17, 15) is 18.0 Å². The van der Waals surface area contributed by atoms with Crippen LogP contribution in [0.2, 0.25) is 0 Å². The monoisotopic (exact) mass is 416 g/mol. The van der Waals surface area contributed by atoms with Crippen molar-refractivity contribution in [3.05, 3.63) is 63.6 Å². The van der Waals surface area contributed by atoms with Gasteiger partial charge in [-0.15, -0.1) is 0 Å².